The zero-order valence-corrected chi connectivity index (χ0v) is 11.5. The van der Waals surface area contributed by atoms with E-state index < -0.39 is 0 Å². The molecule has 5 heteroatoms. The van der Waals surface area contributed by atoms with Crippen molar-refractivity contribution in [2.75, 3.05) is 18.0 Å². The van der Waals surface area contributed by atoms with Crippen molar-refractivity contribution in [3.8, 4) is 6.07 Å². The van der Waals surface area contributed by atoms with Crippen LogP contribution in [0.2, 0.25) is 0 Å². The molecule has 0 bridgehead atoms. The summed E-state index contributed by atoms with van der Waals surface area (Å²) in [6.07, 6.45) is 3.72. The molecular weight excluding hydrogens is 228 g/mol. The highest BCUT2D eigenvalue weighted by molar-refractivity contribution is 5.35. The first-order valence-corrected chi connectivity index (χ1v) is 6.12. The average molecular weight is 248 g/mol. The molecule has 0 radical (unpaired) electrons. The van der Waals surface area contributed by atoms with E-state index >= 15 is 0 Å². The zero-order valence-electron chi connectivity index (χ0n) is 11.5. The summed E-state index contributed by atoms with van der Waals surface area (Å²) in [6, 6.07) is 2.09. The van der Waals surface area contributed by atoms with E-state index in [4.69, 9.17) is 5.26 Å². The summed E-state index contributed by atoms with van der Waals surface area (Å²) >= 11 is 0. The number of rotatable bonds is 4. The van der Waals surface area contributed by atoms with E-state index in [-0.39, 0.29) is 11.1 Å². The summed E-state index contributed by atoms with van der Waals surface area (Å²) in [7, 11) is 0. The van der Waals surface area contributed by atoms with Gasteiger partial charge in [-0.25, -0.2) is 4.98 Å². The predicted octanol–water partition coefficient (Wildman–Crippen LogP) is 1.74. The van der Waals surface area contributed by atoms with Crippen molar-refractivity contribution in [2.45, 2.75) is 39.7 Å². The smallest absolute Gasteiger partial charge is 0.293 e. The van der Waals surface area contributed by atoms with Crippen molar-refractivity contribution >= 4 is 5.82 Å². The summed E-state index contributed by atoms with van der Waals surface area (Å²) in [6.45, 7) is 9.08. The van der Waals surface area contributed by atoms with Crippen LogP contribution >= 0.6 is 0 Å². The Morgan fingerprint density at radius 1 is 1.50 bits per heavy atom. The van der Waals surface area contributed by atoms with Crippen LogP contribution in [0.3, 0.4) is 0 Å². The highest BCUT2D eigenvalue weighted by atomic mass is 16.1. The van der Waals surface area contributed by atoms with Gasteiger partial charge in [0.2, 0.25) is 0 Å². The first kappa shape index (κ1) is 14.2. The van der Waals surface area contributed by atoms with Crippen LogP contribution in [0.1, 0.15) is 34.1 Å². The maximum absolute atomic E-state index is 12.4. The number of aromatic nitrogens is 2. The van der Waals surface area contributed by atoms with Crippen molar-refractivity contribution < 1.29 is 0 Å². The first-order chi connectivity index (χ1) is 8.41. The summed E-state index contributed by atoms with van der Waals surface area (Å²) in [5, 5.41) is 8.63. The lowest BCUT2D eigenvalue weighted by molar-refractivity contribution is 0.382. The first-order valence-electron chi connectivity index (χ1n) is 6.12. The lowest BCUT2D eigenvalue weighted by Crippen LogP contribution is -2.39. The summed E-state index contributed by atoms with van der Waals surface area (Å²) in [5.41, 5.74) is -0.381. The molecule has 1 rings (SSSR count). The molecule has 0 aliphatic carbocycles. The lowest BCUT2D eigenvalue weighted by atomic mass is 10.1. The van der Waals surface area contributed by atoms with Crippen LogP contribution < -0.4 is 10.5 Å². The Labute approximate surface area is 108 Å². The van der Waals surface area contributed by atoms with E-state index in [1.807, 2.05) is 32.6 Å². The van der Waals surface area contributed by atoms with Gasteiger partial charge in [0.15, 0.2) is 5.82 Å². The Balaban J connectivity index is 3.18. The van der Waals surface area contributed by atoms with Gasteiger partial charge in [0.25, 0.3) is 5.56 Å². The fraction of sp³-hybridized carbons (Fsp3) is 0.615. The zero-order chi connectivity index (χ0) is 13.8. The minimum atomic E-state index is -0.274. The minimum Gasteiger partial charge on any atom is -0.351 e. The van der Waals surface area contributed by atoms with Crippen LogP contribution in [0, 0.1) is 11.3 Å². The van der Waals surface area contributed by atoms with E-state index in [1.54, 1.807) is 17.0 Å². The van der Waals surface area contributed by atoms with E-state index in [2.05, 4.69) is 11.1 Å². The van der Waals surface area contributed by atoms with Gasteiger partial charge in [0.1, 0.15) is 0 Å². The van der Waals surface area contributed by atoms with Crippen LogP contribution in [0.15, 0.2) is 17.2 Å². The monoisotopic (exact) mass is 248 g/mol. The quantitative estimate of drug-likeness (QED) is 0.814. The van der Waals surface area contributed by atoms with E-state index in [9.17, 15) is 4.79 Å². The molecule has 0 aromatic carbocycles. The molecule has 0 aliphatic rings. The van der Waals surface area contributed by atoms with Gasteiger partial charge in [-0.1, -0.05) is 0 Å². The van der Waals surface area contributed by atoms with Crippen LogP contribution in [0.4, 0.5) is 5.82 Å². The Hall–Kier alpha value is -1.83. The molecule has 0 saturated carbocycles. The van der Waals surface area contributed by atoms with Crippen molar-refractivity contribution in [2.24, 2.45) is 0 Å². The third-order valence-electron chi connectivity index (χ3n) is 2.72. The van der Waals surface area contributed by atoms with Gasteiger partial charge >= 0.3 is 0 Å². The Kier molecular flexibility index (Phi) is 4.49. The largest absolute Gasteiger partial charge is 0.351 e. The molecule has 1 heterocycles. The fourth-order valence-electron chi connectivity index (χ4n) is 1.75. The number of nitriles is 1. The number of anilines is 1. The molecule has 0 amide bonds. The highest BCUT2D eigenvalue weighted by Gasteiger charge is 2.18. The SMILES string of the molecule is CCN(CCC#N)c1nccn(C(C)(C)C)c1=O. The second-order valence-electron chi connectivity index (χ2n) is 5.08. The van der Waals surface area contributed by atoms with Gasteiger partial charge in [-0.15, -0.1) is 0 Å². The van der Waals surface area contributed by atoms with Gasteiger partial charge in [-0.2, -0.15) is 5.26 Å². The van der Waals surface area contributed by atoms with Gasteiger partial charge in [-0.3, -0.25) is 4.79 Å². The van der Waals surface area contributed by atoms with E-state index in [0.29, 0.717) is 25.3 Å². The minimum absolute atomic E-state index is 0.107. The molecule has 0 unspecified atom stereocenters. The van der Waals surface area contributed by atoms with E-state index in [0.717, 1.165) is 0 Å². The average Bonchev–Trinajstić information content (AvgIpc) is 2.30. The van der Waals surface area contributed by atoms with Crippen molar-refractivity contribution in [1.82, 2.24) is 9.55 Å². The van der Waals surface area contributed by atoms with Crippen molar-refractivity contribution in [3.05, 3.63) is 22.7 Å². The molecule has 0 N–H and O–H groups in total. The second-order valence-corrected chi connectivity index (χ2v) is 5.08. The molecule has 0 spiro atoms. The van der Waals surface area contributed by atoms with Gasteiger partial charge in [0, 0.05) is 31.0 Å². The Morgan fingerprint density at radius 3 is 2.67 bits per heavy atom. The molecule has 98 valence electrons. The maximum Gasteiger partial charge on any atom is 0.293 e. The van der Waals surface area contributed by atoms with Crippen molar-refractivity contribution in [1.29, 1.82) is 5.26 Å². The molecule has 18 heavy (non-hydrogen) atoms. The van der Waals surface area contributed by atoms with Crippen LogP contribution in [-0.4, -0.2) is 22.6 Å². The molecular formula is C13H20N4O. The molecule has 0 atom stereocenters. The normalized spacial score (nSPS) is 11.1. The van der Waals surface area contributed by atoms with Crippen molar-refractivity contribution in [3.63, 3.8) is 0 Å². The van der Waals surface area contributed by atoms with Gasteiger partial charge < -0.3 is 9.47 Å². The highest BCUT2D eigenvalue weighted by Crippen LogP contribution is 2.12. The van der Waals surface area contributed by atoms with Crippen LogP contribution in [0.5, 0.6) is 0 Å². The molecule has 1 aromatic heterocycles. The Morgan fingerprint density at radius 2 is 2.17 bits per heavy atom. The molecule has 1 aromatic rings. The maximum atomic E-state index is 12.4. The second kappa shape index (κ2) is 5.67. The molecule has 5 nitrogen and oxygen atoms in total. The fourth-order valence-corrected chi connectivity index (χ4v) is 1.75. The molecule has 0 saturated heterocycles. The third kappa shape index (κ3) is 3.10. The van der Waals surface area contributed by atoms with Crippen LogP contribution in [0.25, 0.3) is 0 Å². The molecule has 0 fully saturated rings. The topological polar surface area (TPSA) is 61.9 Å². The molecule has 0 aliphatic heterocycles. The predicted molar refractivity (Wildman–Crippen MR) is 71.6 cm³/mol. The van der Waals surface area contributed by atoms with Gasteiger partial charge in [0.05, 0.1) is 12.5 Å². The third-order valence-corrected chi connectivity index (χ3v) is 2.72. The Bertz CT molecular complexity index is 493. The summed E-state index contributed by atoms with van der Waals surface area (Å²) in [5.74, 6) is 0.421. The number of hydrogen-bond donors (Lipinski definition) is 0. The number of hydrogen-bond acceptors (Lipinski definition) is 4. The van der Waals surface area contributed by atoms with Crippen LogP contribution in [-0.2, 0) is 5.54 Å². The number of nitrogens with zero attached hydrogens (tertiary/aromatic N) is 4. The van der Waals surface area contributed by atoms with Gasteiger partial charge in [-0.05, 0) is 27.7 Å². The standard InChI is InChI=1S/C13H20N4O/c1-5-16(9-6-7-14)11-12(18)17(10-8-15-11)13(2,3)4/h8,10H,5-6,9H2,1-4H3. The summed E-state index contributed by atoms with van der Waals surface area (Å²) in [4.78, 5) is 18.4. The van der Waals surface area contributed by atoms with E-state index in [1.165, 1.54) is 0 Å². The summed E-state index contributed by atoms with van der Waals surface area (Å²) < 4.78 is 1.67. The lowest BCUT2D eigenvalue weighted by Gasteiger charge is -2.25.